The molecule has 1 aromatic heterocycles. The Morgan fingerprint density at radius 2 is 2.00 bits per heavy atom. The van der Waals surface area contributed by atoms with Crippen molar-refractivity contribution in [2.75, 3.05) is 24.7 Å². The van der Waals surface area contributed by atoms with Gasteiger partial charge in [0, 0.05) is 18.0 Å². The Morgan fingerprint density at radius 3 is 2.65 bits per heavy atom. The average Bonchev–Trinajstić information content (AvgIpc) is 3.01. The molecule has 1 aliphatic rings. The average molecular weight is 337 g/mol. The van der Waals surface area contributed by atoms with E-state index in [4.69, 9.17) is 4.42 Å². The molecule has 1 N–H and O–H groups in total. The molecule has 1 unspecified atom stereocenters. The van der Waals surface area contributed by atoms with Crippen LogP contribution in [0.3, 0.4) is 0 Å². The molecule has 1 atom stereocenters. The van der Waals surface area contributed by atoms with Crippen LogP contribution in [0.15, 0.2) is 22.6 Å². The monoisotopic (exact) mass is 337 g/mol. The number of aryl methyl sites for hydroxylation is 2. The van der Waals surface area contributed by atoms with E-state index in [0.717, 1.165) is 16.7 Å². The quantitative estimate of drug-likeness (QED) is 0.904. The van der Waals surface area contributed by atoms with Gasteiger partial charge in [-0.1, -0.05) is 0 Å². The molecule has 2 aromatic rings. The molecule has 0 radical (unpaired) electrons. The highest BCUT2D eigenvalue weighted by Gasteiger charge is 2.32. The van der Waals surface area contributed by atoms with Crippen LogP contribution in [-0.4, -0.2) is 49.1 Å². The number of rotatable bonds is 5. The van der Waals surface area contributed by atoms with Crippen molar-refractivity contribution in [2.45, 2.75) is 32.9 Å². The van der Waals surface area contributed by atoms with Crippen LogP contribution in [0.5, 0.6) is 0 Å². The largest absolute Gasteiger partial charge is 0.460 e. The van der Waals surface area contributed by atoms with Crippen molar-refractivity contribution < 1.29 is 17.9 Å². The van der Waals surface area contributed by atoms with Crippen LogP contribution in [0.1, 0.15) is 23.3 Å². The number of nitrogens with zero attached hydrogens (tertiary/aromatic N) is 1. The van der Waals surface area contributed by atoms with Crippen LogP contribution < -0.4 is 0 Å². The molecular weight excluding hydrogens is 314 g/mol. The highest BCUT2D eigenvalue weighted by molar-refractivity contribution is 7.91. The number of sulfone groups is 1. The molecular formula is C17H23NO4S. The molecule has 1 fully saturated rings. The van der Waals surface area contributed by atoms with E-state index in [1.165, 1.54) is 11.1 Å². The second-order valence-electron chi connectivity index (χ2n) is 6.44. The first-order valence-electron chi connectivity index (χ1n) is 7.93. The summed E-state index contributed by atoms with van der Waals surface area (Å²) in [5, 5.41) is 10.4. The lowest BCUT2D eigenvalue weighted by Gasteiger charge is -2.26. The topological polar surface area (TPSA) is 70.8 Å². The number of fused-ring (bicyclic) bond motifs is 1. The summed E-state index contributed by atoms with van der Waals surface area (Å²) >= 11 is 0. The molecule has 126 valence electrons. The molecule has 3 rings (SSSR count). The molecule has 0 bridgehead atoms. The summed E-state index contributed by atoms with van der Waals surface area (Å²) in [5.41, 5.74) is 3.26. The van der Waals surface area contributed by atoms with Gasteiger partial charge in [0.15, 0.2) is 9.84 Å². The number of aliphatic hydroxyl groups excluding tert-OH is 1. The van der Waals surface area contributed by atoms with Crippen molar-refractivity contribution in [3.63, 3.8) is 0 Å². The van der Waals surface area contributed by atoms with Gasteiger partial charge >= 0.3 is 0 Å². The third-order valence-corrected chi connectivity index (χ3v) is 6.40. The molecule has 5 nitrogen and oxygen atoms in total. The second-order valence-corrected chi connectivity index (χ2v) is 8.67. The molecule has 0 amide bonds. The lowest BCUT2D eigenvalue weighted by Crippen LogP contribution is -2.37. The minimum Gasteiger partial charge on any atom is -0.460 e. The third-order valence-electron chi connectivity index (χ3n) is 4.65. The van der Waals surface area contributed by atoms with Crippen LogP contribution in [0.4, 0.5) is 0 Å². The van der Waals surface area contributed by atoms with E-state index in [1.54, 1.807) is 0 Å². The van der Waals surface area contributed by atoms with E-state index in [-0.39, 0.29) is 24.2 Å². The fraction of sp³-hybridized carbons (Fsp3) is 0.529. The van der Waals surface area contributed by atoms with Crippen molar-refractivity contribution in [1.29, 1.82) is 0 Å². The molecule has 6 heteroatoms. The summed E-state index contributed by atoms with van der Waals surface area (Å²) in [5.74, 6) is 1.21. The SMILES string of the molecule is Cc1cc2cc(CN(CCO)C3CCS(=O)(=O)C3)oc2cc1C. The van der Waals surface area contributed by atoms with E-state index in [9.17, 15) is 13.5 Å². The maximum absolute atomic E-state index is 11.7. The van der Waals surface area contributed by atoms with Gasteiger partial charge in [-0.2, -0.15) is 0 Å². The standard InChI is InChI=1S/C17H23NO4S/c1-12-7-14-9-16(22-17(14)8-13(12)2)10-18(4-5-19)15-3-6-23(20,21)11-15/h7-9,15,19H,3-6,10-11H2,1-2H3. The van der Waals surface area contributed by atoms with Gasteiger partial charge in [0.05, 0.1) is 24.7 Å². The molecule has 23 heavy (non-hydrogen) atoms. The summed E-state index contributed by atoms with van der Waals surface area (Å²) in [6, 6.07) is 6.11. The molecule has 2 heterocycles. The van der Waals surface area contributed by atoms with Crippen molar-refractivity contribution in [3.8, 4) is 0 Å². The van der Waals surface area contributed by atoms with Crippen LogP contribution in [0.2, 0.25) is 0 Å². The van der Waals surface area contributed by atoms with Gasteiger partial charge in [-0.25, -0.2) is 8.42 Å². The van der Waals surface area contributed by atoms with Crippen molar-refractivity contribution >= 4 is 20.8 Å². The zero-order valence-corrected chi connectivity index (χ0v) is 14.4. The van der Waals surface area contributed by atoms with Gasteiger partial charge in [0.2, 0.25) is 0 Å². The summed E-state index contributed by atoms with van der Waals surface area (Å²) < 4.78 is 29.3. The summed E-state index contributed by atoms with van der Waals surface area (Å²) in [7, 11) is -2.94. The third kappa shape index (κ3) is 3.59. The number of benzene rings is 1. The van der Waals surface area contributed by atoms with Crippen LogP contribution >= 0.6 is 0 Å². The van der Waals surface area contributed by atoms with Gasteiger partial charge in [0.25, 0.3) is 0 Å². The highest BCUT2D eigenvalue weighted by Crippen LogP contribution is 2.26. The van der Waals surface area contributed by atoms with Crippen molar-refractivity contribution in [1.82, 2.24) is 4.90 Å². The van der Waals surface area contributed by atoms with E-state index >= 15 is 0 Å². The first-order valence-corrected chi connectivity index (χ1v) is 9.75. The zero-order chi connectivity index (χ0) is 16.6. The summed E-state index contributed by atoms with van der Waals surface area (Å²) in [4.78, 5) is 2.02. The Hall–Kier alpha value is -1.37. The molecule has 1 aliphatic heterocycles. The van der Waals surface area contributed by atoms with Crippen molar-refractivity contribution in [2.24, 2.45) is 0 Å². The van der Waals surface area contributed by atoms with Gasteiger partial charge in [-0.15, -0.1) is 0 Å². The Labute approximate surface area is 136 Å². The minimum atomic E-state index is -2.94. The Morgan fingerprint density at radius 1 is 1.26 bits per heavy atom. The fourth-order valence-electron chi connectivity index (χ4n) is 3.22. The smallest absolute Gasteiger partial charge is 0.151 e. The zero-order valence-electron chi connectivity index (χ0n) is 13.6. The Bertz CT molecular complexity index is 770. The first kappa shape index (κ1) is 16.5. The van der Waals surface area contributed by atoms with E-state index in [1.807, 2.05) is 17.0 Å². The Balaban J connectivity index is 1.82. The van der Waals surface area contributed by atoms with E-state index in [2.05, 4.69) is 19.9 Å². The summed E-state index contributed by atoms with van der Waals surface area (Å²) in [6.07, 6.45) is 0.626. The molecule has 1 saturated heterocycles. The predicted octanol–water partition coefficient (Wildman–Crippen LogP) is 2.03. The van der Waals surface area contributed by atoms with Gasteiger partial charge in [0.1, 0.15) is 11.3 Å². The molecule has 1 aromatic carbocycles. The lowest BCUT2D eigenvalue weighted by atomic mass is 10.1. The van der Waals surface area contributed by atoms with Crippen LogP contribution in [0.25, 0.3) is 11.0 Å². The lowest BCUT2D eigenvalue weighted by molar-refractivity contribution is 0.145. The van der Waals surface area contributed by atoms with Gasteiger partial charge < -0.3 is 9.52 Å². The summed E-state index contributed by atoms with van der Waals surface area (Å²) in [6.45, 7) is 5.11. The maximum Gasteiger partial charge on any atom is 0.151 e. The number of aliphatic hydroxyl groups is 1. The maximum atomic E-state index is 11.7. The molecule has 0 spiro atoms. The van der Waals surface area contributed by atoms with Crippen LogP contribution in [-0.2, 0) is 16.4 Å². The minimum absolute atomic E-state index is 0.00892. The molecule has 0 saturated carbocycles. The van der Waals surface area contributed by atoms with E-state index in [0.29, 0.717) is 19.5 Å². The van der Waals surface area contributed by atoms with Crippen LogP contribution in [0, 0.1) is 13.8 Å². The van der Waals surface area contributed by atoms with Crippen molar-refractivity contribution in [3.05, 3.63) is 35.1 Å². The van der Waals surface area contributed by atoms with E-state index < -0.39 is 9.84 Å². The van der Waals surface area contributed by atoms with Gasteiger partial charge in [-0.3, -0.25) is 4.90 Å². The predicted molar refractivity (Wildman–Crippen MR) is 90.2 cm³/mol. The first-order chi connectivity index (χ1) is 10.9. The molecule has 0 aliphatic carbocycles. The highest BCUT2D eigenvalue weighted by atomic mass is 32.2. The normalized spacial score (nSPS) is 20.6. The number of hydrogen-bond donors (Lipinski definition) is 1. The Kier molecular flexibility index (Phi) is 4.49. The van der Waals surface area contributed by atoms with Gasteiger partial charge in [-0.05, 0) is 49.6 Å². The number of furan rings is 1. The number of hydrogen-bond acceptors (Lipinski definition) is 5. The fourth-order valence-corrected chi connectivity index (χ4v) is 4.98. The second kappa shape index (κ2) is 6.26.